The molecule has 0 atom stereocenters. The van der Waals surface area contributed by atoms with Gasteiger partial charge >= 0.3 is 5.97 Å². The second-order valence-electron chi connectivity index (χ2n) is 2.35. The van der Waals surface area contributed by atoms with Crippen LogP contribution < -0.4 is 0 Å². The summed E-state index contributed by atoms with van der Waals surface area (Å²) in [6, 6.07) is 0. The average molecular weight is 163 g/mol. The van der Waals surface area contributed by atoms with E-state index in [1.807, 2.05) is 0 Å². The minimum Gasteiger partial charge on any atom is -0.434 e. The fraction of sp³-hybridized carbons (Fsp3) is 0.571. The molecule has 0 radical (unpaired) electrons. The van der Waals surface area contributed by atoms with Crippen molar-refractivity contribution in [2.45, 2.75) is 25.6 Å². The summed E-state index contributed by atoms with van der Waals surface area (Å²) in [5.41, 5.74) is 0. The van der Waals surface area contributed by atoms with Crippen molar-refractivity contribution in [3.05, 3.63) is 12.3 Å². The van der Waals surface area contributed by atoms with Gasteiger partial charge in [-0.15, -0.1) is 11.6 Å². The van der Waals surface area contributed by atoms with Gasteiger partial charge in [0.2, 0.25) is 0 Å². The van der Waals surface area contributed by atoms with Crippen LogP contribution >= 0.6 is 11.6 Å². The number of rotatable bonds is 2. The normalized spacial score (nSPS) is 12.0. The van der Waals surface area contributed by atoms with Crippen molar-refractivity contribution in [2.24, 2.45) is 0 Å². The van der Waals surface area contributed by atoms with E-state index in [0.717, 1.165) is 0 Å². The predicted molar refractivity (Wildman–Crippen MR) is 40.8 cm³/mol. The summed E-state index contributed by atoms with van der Waals surface area (Å²) in [5.74, 6) is -0.438. The van der Waals surface area contributed by atoms with E-state index in [1.165, 1.54) is 6.26 Å². The Morgan fingerprint density at radius 2 is 2.10 bits per heavy atom. The van der Waals surface area contributed by atoms with Crippen molar-refractivity contribution in [2.75, 3.05) is 0 Å². The number of esters is 1. The second-order valence-corrected chi connectivity index (χ2v) is 3.29. The zero-order valence-corrected chi connectivity index (χ0v) is 7.11. The lowest BCUT2D eigenvalue weighted by molar-refractivity contribution is -0.140. The number of hydrogen-bond donors (Lipinski definition) is 0. The maximum absolute atomic E-state index is 10.8. The summed E-state index contributed by atoms with van der Waals surface area (Å²) in [5, 5.41) is 0. The molecule has 0 saturated carbocycles. The van der Waals surface area contributed by atoms with Gasteiger partial charge in [-0.2, -0.15) is 0 Å². The molecule has 0 saturated heterocycles. The van der Waals surface area contributed by atoms with Crippen molar-refractivity contribution in [3.8, 4) is 0 Å². The minimum absolute atomic E-state index is 0.438. The standard InChI is InChI=1S/C7H11ClO2/c1-4-5-10-6(9)7(2,3)8/h4-5H,1-3H3. The van der Waals surface area contributed by atoms with Crippen LogP contribution in [0.3, 0.4) is 0 Å². The molecule has 0 aromatic heterocycles. The molecular weight excluding hydrogens is 152 g/mol. The van der Waals surface area contributed by atoms with E-state index in [-0.39, 0.29) is 0 Å². The van der Waals surface area contributed by atoms with Gasteiger partial charge in [0.1, 0.15) is 4.87 Å². The molecule has 0 fully saturated rings. The van der Waals surface area contributed by atoms with Crippen LogP contribution in [0, 0.1) is 0 Å². The molecule has 10 heavy (non-hydrogen) atoms. The molecule has 0 rings (SSSR count). The van der Waals surface area contributed by atoms with Crippen LogP contribution in [0.25, 0.3) is 0 Å². The largest absolute Gasteiger partial charge is 0.434 e. The van der Waals surface area contributed by atoms with E-state index < -0.39 is 10.8 Å². The lowest BCUT2D eigenvalue weighted by Gasteiger charge is -2.10. The lowest BCUT2D eigenvalue weighted by Crippen LogP contribution is -2.25. The smallest absolute Gasteiger partial charge is 0.331 e. The van der Waals surface area contributed by atoms with Crippen molar-refractivity contribution in [1.29, 1.82) is 0 Å². The van der Waals surface area contributed by atoms with Gasteiger partial charge in [-0.3, -0.25) is 0 Å². The van der Waals surface area contributed by atoms with E-state index in [0.29, 0.717) is 0 Å². The first-order valence-corrected chi connectivity index (χ1v) is 3.37. The third-order valence-electron chi connectivity index (χ3n) is 0.797. The predicted octanol–water partition coefficient (Wildman–Crippen LogP) is 2.08. The highest BCUT2D eigenvalue weighted by Gasteiger charge is 2.25. The van der Waals surface area contributed by atoms with Gasteiger partial charge < -0.3 is 4.74 Å². The Kier molecular flexibility index (Phi) is 3.43. The van der Waals surface area contributed by atoms with Gasteiger partial charge in [0.05, 0.1) is 6.26 Å². The molecule has 0 unspecified atom stereocenters. The number of halogens is 1. The van der Waals surface area contributed by atoms with Gasteiger partial charge in [0, 0.05) is 0 Å². The molecular formula is C7H11ClO2. The zero-order chi connectivity index (χ0) is 8.20. The molecule has 3 heteroatoms. The molecule has 0 aromatic carbocycles. The molecule has 0 bridgehead atoms. The van der Waals surface area contributed by atoms with Crippen molar-refractivity contribution < 1.29 is 9.53 Å². The highest BCUT2D eigenvalue weighted by atomic mass is 35.5. The third kappa shape index (κ3) is 3.51. The summed E-state index contributed by atoms with van der Waals surface area (Å²) in [4.78, 5) is 9.89. The van der Waals surface area contributed by atoms with Crippen LogP contribution in [0.15, 0.2) is 12.3 Å². The topological polar surface area (TPSA) is 26.3 Å². The summed E-state index contributed by atoms with van der Waals surface area (Å²) < 4.78 is 4.60. The van der Waals surface area contributed by atoms with Crippen LogP contribution in [0.1, 0.15) is 20.8 Å². The fourth-order valence-corrected chi connectivity index (χ4v) is 0.315. The summed E-state index contributed by atoms with van der Waals surface area (Å²) >= 11 is 5.61. The SMILES string of the molecule is CC=COC(=O)C(C)(C)Cl. The number of alkyl halides is 1. The Hall–Kier alpha value is -0.500. The highest BCUT2D eigenvalue weighted by molar-refractivity contribution is 6.33. The Labute approximate surface area is 65.8 Å². The van der Waals surface area contributed by atoms with Gasteiger partial charge in [-0.25, -0.2) is 4.79 Å². The first kappa shape index (κ1) is 9.50. The molecule has 0 aliphatic carbocycles. The minimum atomic E-state index is -0.931. The van der Waals surface area contributed by atoms with E-state index >= 15 is 0 Å². The second kappa shape index (κ2) is 3.62. The number of ether oxygens (including phenoxy) is 1. The zero-order valence-electron chi connectivity index (χ0n) is 6.35. The summed E-state index contributed by atoms with van der Waals surface area (Å²) in [7, 11) is 0. The summed E-state index contributed by atoms with van der Waals surface area (Å²) in [6.45, 7) is 4.93. The molecule has 0 aromatic rings. The van der Waals surface area contributed by atoms with Crippen molar-refractivity contribution >= 4 is 17.6 Å². The van der Waals surface area contributed by atoms with Crippen molar-refractivity contribution in [1.82, 2.24) is 0 Å². The van der Waals surface area contributed by atoms with Crippen LogP contribution in [0.2, 0.25) is 0 Å². The number of carbonyl (C=O) groups excluding carboxylic acids is 1. The lowest BCUT2D eigenvalue weighted by atomic mass is 10.2. The van der Waals surface area contributed by atoms with Gasteiger partial charge in [-0.05, 0) is 20.8 Å². The van der Waals surface area contributed by atoms with E-state index in [1.54, 1.807) is 26.8 Å². The Balaban J connectivity index is 3.86. The van der Waals surface area contributed by atoms with Crippen LogP contribution in [-0.4, -0.2) is 10.8 Å². The highest BCUT2D eigenvalue weighted by Crippen LogP contribution is 2.14. The van der Waals surface area contributed by atoms with Crippen LogP contribution in [0.5, 0.6) is 0 Å². The van der Waals surface area contributed by atoms with Crippen molar-refractivity contribution in [3.63, 3.8) is 0 Å². The van der Waals surface area contributed by atoms with E-state index in [9.17, 15) is 4.79 Å². The molecule has 0 heterocycles. The third-order valence-corrected chi connectivity index (χ3v) is 0.951. The summed E-state index contributed by atoms with van der Waals surface area (Å²) in [6.07, 6.45) is 2.94. The van der Waals surface area contributed by atoms with Crippen LogP contribution in [-0.2, 0) is 9.53 Å². The van der Waals surface area contributed by atoms with Gasteiger partial charge in [-0.1, -0.05) is 6.08 Å². The Morgan fingerprint density at radius 1 is 1.60 bits per heavy atom. The maximum Gasteiger partial charge on any atom is 0.331 e. The molecule has 0 N–H and O–H groups in total. The Morgan fingerprint density at radius 3 is 2.40 bits per heavy atom. The molecule has 2 nitrogen and oxygen atoms in total. The number of hydrogen-bond acceptors (Lipinski definition) is 2. The van der Waals surface area contributed by atoms with E-state index in [4.69, 9.17) is 11.6 Å². The number of allylic oxidation sites excluding steroid dienone is 1. The quantitative estimate of drug-likeness (QED) is 0.353. The molecule has 58 valence electrons. The van der Waals surface area contributed by atoms with E-state index in [2.05, 4.69) is 4.74 Å². The monoisotopic (exact) mass is 162 g/mol. The number of carbonyl (C=O) groups is 1. The molecule has 0 amide bonds. The first-order valence-electron chi connectivity index (χ1n) is 2.99. The molecule has 0 aliphatic heterocycles. The van der Waals surface area contributed by atoms with Gasteiger partial charge in [0.25, 0.3) is 0 Å². The fourth-order valence-electron chi connectivity index (χ4n) is 0.270. The average Bonchev–Trinajstić information content (AvgIpc) is 1.80. The Bertz CT molecular complexity index is 144. The first-order chi connectivity index (χ1) is 4.48. The molecule has 0 aliphatic rings. The molecule has 0 spiro atoms. The maximum atomic E-state index is 10.8. The van der Waals surface area contributed by atoms with Gasteiger partial charge in [0.15, 0.2) is 0 Å². The van der Waals surface area contributed by atoms with Crippen LogP contribution in [0.4, 0.5) is 0 Å².